The first-order valence-electron chi connectivity index (χ1n) is 4.58. The van der Waals surface area contributed by atoms with E-state index in [4.69, 9.17) is 0 Å². The first-order valence-corrected chi connectivity index (χ1v) is 4.58. The quantitative estimate of drug-likeness (QED) is 0.463. The van der Waals surface area contributed by atoms with Crippen molar-refractivity contribution in [1.29, 1.82) is 0 Å². The summed E-state index contributed by atoms with van der Waals surface area (Å²) in [5, 5.41) is 6.30. The van der Waals surface area contributed by atoms with E-state index in [2.05, 4.69) is 25.5 Å². The molecule has 0 amide bonds. The topological polar surface area (TPSA) is 15.6 Å². The molecule has 1 saturated carbocycles. The van der Waals surface area contributed by atoms with Crippen molar-refractivity contribution in [1.82, 2.24) is 5.01 Å². The van der Waals surface area contributed by atoms with Gasteiger partial charge in [0.1, 0.15) is 0 Å². The van der Waals surface area contributed by atoms with Gasteiger partial charge in [0.2, 0.25) is 0 Å². The van der Waals surface area contributed by atoms with Gasteiger partial charge in [-0.05, 0) is 25.7 Å². The monoisotopic (exact) mass is 166 g/mol. The Labute approximate surface area is 75.0 Å². The van der Waals surface area contributed by atoms with Crippen LogP contribution in [0.5, 0.6) is 0 Å². The van der Waals surface area contributed by atoms with Gasteiger partial charge in [-0.3, -0.25) is 5.01 Å². The third kappa shape index (κ3) is 1.38. The largest absolute Gasteiger partial charge is 0.267 e. The molecule has 0 unspecified atom stereocenters. The molecule has 0 N–H and O–H groups in total. The van der Waals surface area contributed by atoms with Crippen LogP contribution in [0.1, 0.15) is 33.6 Å². The van der Waals surface area contributed by atoms with Gasteiger partial charge < -0.3 is 0 Å². The Morgan fingerprint density at radius 3 is 2.33 bits per heavy atom. The summed E-state index contributed by atoms with van der Waals surface area (Å²) in [6.07, 6.45) is 6.14. The molecule has 0 saturated heterocycles. The van der Waals surface area contributed by atoms with Gasteiger partial charge in [-0.2, -0.15) is 5.10 Å². The maximum absolute atomic E-state index is 4.29. The highest BCUT2D eigenvalue weighted by Crippen LogP contribution is 2.47. The Morgan fingerprint density at radius 2 is 2.08 bits per heavy atom. The molecule has 0 aliphatic heterocycles. The average Bonchev–Trinajstić information content (AvgIpc) is 2.80. The Bertz CT molecular complexity index is 190. The molecule has 0 atom stereocenters. The smallest absolute Gasteiger partial charge is 0.0651 e. The Kier molecular flexibility index (Phi) is 2.55. The molecule has 0 bridgehead atoms. The van der Waals surface area contributed by atoms with Crippen LogP contribution in [-0.2, 0) is 0 Å². The molecule has 0 aromatic heterocycles. The minimum absolute atomic E-state index is 0.286. The van der Waals surface area contributed by atoms with Gasteiger partial charge in [-0.1, -0.05) is 20.4 Å². The van der Waals surface area contributed by atoms with Gasteiger partial charge in [0.05, 0.1) is 5.54 Å². The molecule has 2 nitrogen and oxygen atoms in total. The van der Waals surface area contributed by atoms with Crippen LogP contribution in [0.3, 0.4) is 0 Å². The lowest BCUT2D eigenvalue weighted by Gasteiger charge is -2.29. The third-order valence-electron chi connectivity index (χ3n) is 2.71. The molecule has 0 radical (unpaired) electrons. The fourth-order valence-electron chi connectivity index (χ4n) is 1.67. The molecule has 1 aliphatic carbocycles. The van der Waals surface area contributed by atoms with E-state index in [0.29, 0.717) is 5.92 Å². The van der Waals surface area contributed by atoms with E-state index in [-0.39, 0.29) is 5.54 Å². The lowest BCUT2D eigenvalue weighted by atomic mass is 10.0. The van der Waals surface area contributed by atoms with Crippen LogP contribution < -0.4 is 0 Å². The van der Waals surface area contributed by atoms with Gasteiger partial charge in [0.25, 0.3) is 0 Å². The second-order valence-electron chi connectivity index (χ2n) is 3.66. The highest BCUT2D eigenvalue weighted by molar-refractivity contribution is 5.53. The van der Waals surface area contributed by atoms with Crippen LogP contribution in [0, 0.1) is 5.92 Å². The van der Waals surface area contributed by atoms with Crippen molar-refractivity contribution in [2.75, 3.05) is 0 Å². The lowest BCUT2D eigenvalue weighted by Crippen LogP contribution is -2.33. The molecule has 1 fully saturated rings. The summed E-state index contributed by atoms with van der Waals surface area (Å²) >= 11 is 0. The van der Waals surface area contributed by atoms with Crippen molar-refractivity contribution in [3.63, 3.8) is 0 Å². The molecule has 0 aromatic carbocycles. The van der Waals surface area contributed by atoms with E-state index in [1.807, 2.05) is 24.3 Å². The van der Waals surface area contributed by atoms with Crippen molar-refractivity contribution in [3.05, 3.63) is 12.8 Å². The van der Waals surface area contributed by atoms with E-state index < -0.39 is 0 Å². The normalized spacial score (nSPS) is 20.0. The van der Waals surface area contributed by atoms with Crippen LogP contribution in [-0.4, -0.2) is 16.8 Å². The molecule has 2 heteroatoms. The Balaban J connectivity index is 2.71. The molecule has 0 spiro atoms. The van der Waals surface area contributed by atoms with Crippen molar-refractivity contribution in [2.24, 2.45) is 11.0 Å². The first-order chi connectivity index (χ1) is 5.67. The van der Waals surface area contributed by atoms with E-state index in [9.17, 15) is 0 Å². The first kappa shape index (κ1) is 9.30. The van der Waals surface area contributed by atoms with E-state index in [0.717, 1.165) is 0 Å². The molecular weight excluding hydrogens is 148 g/mol. The summed E-state index contributed by atoms with van der Waals surface area (Å²) in [5.41, 5.74) is 0.286. The summed E-state index contributed by atoms with van der Waals surface area (Å²) in [7, 11) is 0. The van der Waals surface area contributed by atoms with Gasteiger partial charge in [-0.15, -0.1) is 0 Å². The van der Waals surface area contributed by atoms with Crippen LogP contribution in [0.25, 0.3) is 0 Å². The maximum Gasteiger partial charge on any atom is 0.0651 e. The van der Waals surface area contributed by atoms with Crippen molar-refractivity contribution < 1.29 is 0 Å². The van der Waals surface area contributed by atoms with Crippen molar-refractivity contribution >= 4 is 6.21 Å². The predicted molar refractivity (Wildman–Crippen MR) is 53.0 cm³/mol. The van der Waals surface area contributed by atoms with Crippen LogP contribution in [0.2, 0.25) is 0 Å². The lowest BCUT2D eigenvalue weighted by molar-refractivity contribution is 0.205. The van der Waals surface area contributed by atoms with E-state index in [1.54, 1.807) is 0 Å². The SMILES string of the molecule is C=CN(/N=C\C)C1(C(C)C)CC1. The number of hydrazone groups is 1. The van der Waals surface area contributed by atoms with Crippen LogP contribution in [0.4, 0.5) is 0 Å². The number of nitrogens with zero attached hydrogens (tertiary/aromatic N) is 2. The molecule has 1 aliphatic rings. The van der Waals surface area contributed by atoms with E-state index >= 15 is 0 Å². The average molecular weight is 166 g/mol. The molecule has 0 aromatic rings. The van der Waals surface area contributed by atoms with Crippen LogP contribution >= 0.6 is 0 Å². The van der Waals surface area contributed by atoms with Gasteiger partial charge in [0.15, 0.2) is 0 Å². The van der Waals surface area contributed by atoms with E-state index in [1.165, 1.54) is 12.8 Å². The fraction of sp³-hybridized carbons (Fsp3) is 0.700. The molecule has 0 heterocycles. The zero-order valence-corrected chi connectivity index (χ0v) is 8.25. The summed E-state index contributed by atoms with van der Waals surface area (Å²) < 4.78 is 0. The fourth-order valence-corrected chi connectivity index (χ4v) is 1.67. The molecule has 68 valence electrons. The molecule has 12 heavy (non-hydrogen) atoms. The second kappa shape index (κ2) is 3.30. The number of hydrogen-bond acceptors (Lipinski definition) is 2. The minimum atomic E-state index is 0.286. The number of hydrogen-bond donors (Lipinski definition) is 0. The van der Waals surface area contributed by atoms with Crippen molar-refractivity contribution in [3.8, 4) is 0 Å². The van der Waals surface area contributed by atoms with Crippen LogP contribution in [0.15, 0.2) is 17.9 Å². The maximum atomic E-state index is 4.29. The summed E-state index contributed by atoms with van der Waals surface area (Å²) in [6.45, 7) is 10.2. The zero-order chi connectivity index (χ0) is 9.19. The Morgan fingerprint density at radius 1 is 1.50 bits per heavy atom. The Hall–Kier alpha value is -0.790. The standard InChI is InChI=1S/C10H18N2/c1-5-11-12(6-2)10(7-8-10)9(3)4/h5-6,9H,2,7-8H2,1,3-4H3/b11-5-. The molecule has 1 rings (SSSR count). The second-order valence-corrected chi connectivity index (χ2v) is 3.66. The van der Waals surface area contributed by atoms with Gasteiger partial charge >= 0.3 is 0 Å². The molecular formula is C10H18N2. The number of rotatable bonds is 4. The minimum Gasteiger partial charge on any atom is -0.267 e. The summed E-state index contributed by atoms with van der Waals surface area (Å²) in [5.74, 6) is 0.652. The summed E-state index contributed by atoms with van der Waals surface area (Å²) in [4.78, 5) is 0. The van der Waals surface area contributed by atoms with Crippen molar-refractivity contribution in [2.45, 2.75) is 39.2 Å². The third-order valence-corrected chi connectivity index (χ3v) is 2.71. The summed E-state index contributed by atoms with van der Waals surface area (Å²) in [6, 6.07) is 0. The predicted octanol–water partition coefficient (Wildman–Crippen LogP) is 2.63. The highest BCUT2D eigenvalue weighted by atomic mass is 15.5. The zero-order valence-electron chi connectivity index (χ0n) is 8.25. The highest BCUT2D eigenvalue weighted by Gasteiger charge is 2.49. The van der Waals surface area contributed by atoms with Gasteiger partial charge in [-0.25, -0.2) is 0 Å². The van der Waals surface area contributed by atoms with Gasteiger partial charge in [0, 0.05) is 12.4 Å².